The molecule has 0 aliphatic rings. The van der Waals surface area contributed by atoms with Crippen molar-refractivity contribution in [3.8, 4) is 5.88 Å². The molecular weight excluding hydrogens is 224 g/mol. The number of hydrogen-bond donors (Lipinski definition) is 0. The summed E-state index contributed by atoms with van der Waals surface area (Å²) < 4.78 is 5.42. The van der Waals surface area contributed by atoms with Gasteiger partial charge in [-0.1, -0.05) is 20.3 Å². The summed E-state index contributed by atoms with van der Waals surface area (Å²) in [6, 6.07) is 0. The fraction of sp³-hybridized carbons (Fsp3) is 0.667. The van der Waals surface area contributed by atoms with E-state index in [9.17, 15) is 0 Å². The molecule has 0 aliphatic heterocycles. The molecule has 3 nitrogen and oxygen atoms in total. The topological polar surface area (TPSA) is 35.0 Å². The Bertz CT molecular complexity index is 307. The number of ether oxygens (including phenoxy) is 1. The number of halogens is 1. The summed E-state index contributed by atoms with van der Waals surface area (Å²) in [7, 11) is 0. The smallest absolute Gasteiger partial charge is 0.232 e. The molecule has 0 spiro atoms. The predicted octanol–water partition coefficient (Wildman–Crippen LogP) is 3.22. The van der Waals surface area contributed by atoms with E-state index < -0.39 is 0 Å². The SMILES string of the molecule is CCCOc1cncc(CC(Cl)CCC)n1. The van der Waals surface area contributed by atoms with Crippen LogP contribution in [0.25, 0.3) is 0 Å². The lowest BCUT2D eigenvalue weighted by Crippen LogP contribution is -2.06. The molecule has 1 unspecified atom stereocenters. The van der Waals surface area contributed by atoms with E-state index in [4.69, 9.17) is 16.3 Å². The summed E-state index contributed by atoms with van der Waals surface area (Å²) in [6.45, 7) is 4.87. The van der Waals surface area contributed by atoms with Crippen LogP contribution in [0.15, 0.2) is 12.4 Å². The first kappa shape index (κ1) is 13.2. The lowest BCUT2D eigenvalue weighted by Gasteiger charge is -2.08. The summed E-state index contributed by atoms with van der Waals surface area (Å²) in [6.07, 6.45) is 7.22. The maximum atomic E-state index is 6.16. The fourth-order valence-electron chi connectivity index (χ4n) is 1.40. The van der Waals surface area contributed by atoms with E-state index in [1.807, 2.05) is 0 Å². The first-order chi connectivity index (χ1) is 7.76. The molecule has 0 saturated carbocycles. The van der Waals surface area contributed by atoms with Gasteiger partial charge in [-0.15, -0.1) is 11.6 Å². The highest BCUT2D eigenvalue weighted by molar-refractivity contribution is 6.20. The highest BCUT2D eigenvalue weighted by Crippen LogP contribution is 2.13. The molecule has 1 heterocycles. The van der Waals surface area contributed by atoms with Gasteiger partial charge in [0.05, 0.1) is 18.5 Å². The van der Waals surface area contributed by atoms with Crippen LogP contribution in [0.1, 0.15) is 38.8 Å². The van der Waals surface area contributed by atoms with Crippen molar-refractivity contribution in [2.24, 2.45) is 0 Å². The standard InChI is InChI=1S/C12H19ClN2O/c1-3-5-10(13)7-11-8-14-9-12(15-11)16-6-4-2/h8-10H,3-7H2,1-2H3. The van der Waals surface area contributed by atoms with Gasteiger partial charge in [0.15, 0.2) is 0 Å². The van der Waals surface area contributed by atoms with Crippen LogP contribution in [0.2, 0.25) is 0 Å². The van der Waals surface area contributed by atoms with Crippen LogP contribution in [0.4, 0.5) is 0 Å². The Morgan fingerprint density at radius 3 is 2.81 bits per heavy atom. The Morgan fingerprint density at radius 2 is 2.12 bits per heavy atom. The Kier molecular flexibility index (Phi) is 6.16. The van der Waals surface area contributed by atoms with Crippen molar-refractivity contribution in [3.05, 3.63) is 18.1 Å². The van der Waals surface area contributed by atoms with E-state index in [2.05, 4.69) is 23.8 Å². The Labute approximate surface area is 102 Å². The second-order valence-electron chi connectivity index (χ2n) is 3.79. The van der Waals surface area contributed by atoms with Gasteiger partial charge in [0, 0.05) is 18.0 Å². The summed E-state index contributed by atoms with van der Waals surface area (Å²) >= 11 is 6.16. The molecule has 1 rings (SSSR count). The molecule has 1 aromatic rings. The van der Waals surface area contributed by atoms with Crippen LogP contribution < -0.4 is 4.74 Å². The molecule has 0 N–H and O–H groups in total. The van der Waals surface area contributed by atoms with Crippen molar-refractivity contribution in [2.75, 3.05) is 6.61 Å². The highest BCUT2D eigenvalue weighted by atomic mass is 35.5. The van der Waals surface area contributed by atoms with E-state index in [0.717, 1.165) is 31.4 Å². The number of nitrogens with zero attached hydrogens (tertiary/aromatic N) is 2. The molecule has 0 saturated heterocycles. The van der Waals surface area contributed by atoms with Crippen molar-refractivity contribution in [2.45, 2.75) is 44.9 Å². The number of aromatic nitrogens is 2. The second kappa shape index (κ2) is 7.44. The largest absolute Gasteiger partial charge is 0.477 e. The van der Waals surface area contributed by atoms with Crippen LogP contribution in [0.5, 0.6) is 5.88 Å². The lowest BCUT2D eigenvalue weighted by molar-refractivity contribution is 0.303. The van der Waals surface area contributed by atoms with Crippen molar-refractivity contribution in [1.29, 1.82) is 0 Å². The minimum atomic E-state index is 0.140. The molecule has 0 bridgehead atoms. The second-order valence-corrected chi connectivity index (χ2v) is 4.40. The third kappa shape index (κ3) is 4.79. The molecule has 1 atom stereocenters. The molecule has 90 valence electrons. The molecule has 16 heavy (non-hydrogen) atoms. The Balaban J connectivity index is 2.52. The zero-order valence-electron chi connectivity index (χ0n) is 9.95. The van der Waals surface area contributed by atoms with Gasteiger partial charge in [-0.05, 0) is 12.8 Å². The van der Waals surface area contributed by atoms with Gasteiger partial charge in [0.25, 0.3) is 0 Å². The zero-order chi connectivity index (χ0) is 11.8. The number of rotatable bonds is 7. The van der Waals surface area contributed by atoms with Gasteiger partial charge < -0.3 is 4.74 Å². The van der Waals surface area contributed by atoms with Crippen molar-refractivity contribution in [1.82, 2.24) is 9.97 Å². The molecule has 0 radical (unpaired) electrons. The van der Waals surface area contributed by atoms with E-state index in [1.54, 1.807) is 12.4 Å². The highest BCUT2D eigenvalue weighted by Gasteiger charge is 2.07. The average Bonchev–Trinajstić information content (AvgIpc) is 2.27. The minimum absolute atomic E-state index is 0.140. The third-order valence-corrected chi connectivity index (χ3v) is 2.52. The van der Waals surface area contributed by atoms with E-state index in [0.29, 0.717) is 12.5 Å². The maximum absolute atomic E-state index is 6.16. The monoisotopic (exact) mass is 242 g/mol. The van der Waals surface area contributed by atoms with Gasteiger partial charge >= 0.3 is 0 Å². The van der Waals surface area contributed by atoms with Gasteiger partial charge in [0.1, 0.15) is 0 Å². The van der Waals surface area contributed by atoms with Crippen molar-refractivity contribution >= 4 is 11.6 Å². The lowest BCUT2D eigenvalue weighted by atomic mass is 10.1. The van der Waals surface area contributed by atoms with Gasteiger partial charge in [-0.2, -0.15) is 0 Å². The quantitative estimate of drug-likeness (QED) is 0.689. The van der Waals surface area contributed by atoms with Crippen LogP contribution in [-0.2, 0) is 6.42 Å². The molecule has 0 aromatic carbocycles. The summed E-state index contributed by atoms with van der Waals surface area (Å²) in [5, 5.41) is 0.140. The summed E-state index contributed by atoms with van der Waals surface area (Å²) in [4.78, 5) is 8.47. The summed E-state index contributed by atoms with van der Waals surface area (Å²) in [5.41, 5.74) is 0.905. The molecular formula is C12H19ClN2O. The van der Waals surface area contributed by atoms with E-state index in [-0.39, 0.29) is 5.38 Å². The van der Waals surface area contributed by atoms with Crippen molar-refractivity contribution < 1.29 is 4.74 Å². The Hall–Kier alpha value is -0.830. The van der Waals surface area contributed by atoms with Crippen LogP contribution >= 0.6 is 11.6 Å². The molecule has 4 heteroatoms. The maximum Gasteiger partial charge on any atom is 0.232 e. The normalized spacial score (nSPS) is 12.4. The minimum Gasteiger partial charge on any atom is -0.477 e. The first-order valence-electron chi connectivity index (χ1n) is 5.84. The molecule has 0 amide bonds. The third-order valence-electron chi connectivity index (χ3n) is 2.15. The van der Waals surface area contributed by atoms with Gasteiger partial charge in [-0.25, -0.2) is 4.98 Å². The molecule has 0 aliphatic carbocycles. The number of hydrogen-bond acceptors (Lipinski definition) is 3. The fourth-order valence-corrected chi connectivity index (χ4v) is 1.78. The van der Waals surface area contributed by atoms with E-state index in [1.165, 1.54) is 0 Å². The van der Waals surface area contributed by atoms with Crippen LogP contribution in [0, 0.1) is 0 Å². The molecule has 0 fully saturated rings. The van der Waals surface area contributed by atoms with Crippen molar-refractivity contribution in [3.63, 3.8) is 0 Å². The summed E-state index contributed by atoms with van der Waals surface area (Å²) in [5.74, 6) is 0.597. The van der Waals surface area contributed by atoms with Crippen LogP contribution in [-0.4, -0.2) is 22.0 Å². The Morgan fingerprint density at radius 1 is 1.31 bits per heavy atom. The predicted molar refractivity (Wildman–Crippen MR) is 66.1 cm³/mol. The molecule has 1 aromatic heterocycles. The van der Waals surface area contributed by atoms with Crippen LogP contribution in [0.3, 0.4) is 0 Å². The number of alkyl halides is 1. The van der Waals surface area contributed by atoms with Gasteiger partial charge in [0.2, 0.25) is 5.88 Å². The average molecular weight is 243 g/mol. The van der Waals surface area contributed by atoms with E-state index >= 15 is 0 Å². The first-order valence-corrected chi connectivity index (χ1v) is 6.27. The van der Waals surface area contributed by atoms with Gasteiger partial charge in [-0.3, -0.25) is 4.98 Å². The zero-order valence-corrected chi connectivity index (χ0v) is 10.7.